The van der Waals surface area contributed by atoms with Gasteiger partial charge in [0.05, 0.1) is 12.7 Å². The number of rotatable bonds is 3. The number of nitrogens with zero attached hydrogens (tertiary/aromatic N) is 2. The first-order chi connectivity index (χ1) is 4.22. The third kappa shape index (κ3) is 2.88. The molecule has 0 amide bonds. The maximum Gasteiger partial charge on any atom is 0.180 e. The van der Waals surface area contributed by atoms with Crippen LogP contribution in [0.4, 0.5) is 4.39 Å². The molecule has 0 aromatic heterocycles. The molecule has 0 bridgehead atoms. The molecule has 9 heavy (non-hydrogen) atoms. The van der Waals surface area contributed by atoms with Gasteiger partial charge in [0.15, 0.2) is 6.19 Å². The number of hydrogen-bond donors (Lipinski definition) is 1. The van der Waals surface area contributed by atoms with E-state index in [1.165, 1.54) is 4.90 Å². The lowest BCUT2D eigenvalue weighted by Gasteiger charge is -2.16. The average molecular weight is 131 g/mol. The number of alkyl halides is 1. The van der Waals surface area contributed by atoms with Gasteiger partial charge in [-0.25, -0.2) is 4.39 Å². The fourth-order valence-electron chi connectivity index (χ4n) is 0.436. The zero-order valence-electron chi connectivity index (χ0n) is 5.34. The molecule has 0 aromatic carbocycles. The van der Waals surface area contributed by atoms with Crippen LogP contribution in [0.15, 0.2) is 0 Å². The van der Waals surface area contributed by atoms with Crippen LogP contribution >= 0.6 is 0 Å². The molecule has 0 aromatic rings. The second-order valence-electron chi connectivity index (χ2n) is 1.72. The summed E-state index contributed by atoms with van der Waals surface area (Å²) >= 11 is 0. The maximum absolute atomic E-state index is 11.5. The lowest BCUT2D eigenvalue weighted by Crippen LogP contribution is -2.37. The second kappa shape index (κ2) is 4.10. The topological polar surface area (TPSA) is 53.0 Å². The number of nitriles is 1. The van der Waals surface area contributed by atoms with Crippen molar-refractivity contribution in [1.29, 1.82) is 5.26 Å². The molecule has 0 radical (unpaired) electrons. The van der Waals surface area contributed by atoms with Crippen molar-refractivity contribution in [2.75, 3.05) is 13.2 Å². The molecule has 0 saturated carbocycles. The average Bonchev–Trinajstić information content (AvgIpc) is 1.82. The minimum Gasteiger partial charge on any atom is -0.311 e. The zero-order chi connectivity index (χ0) is 7.28. The Kier molecular flexibility index (Phi) is 3.72. The Bertz CT molecular complexity index is 107. The molecule has 0 saturated heterocycles. The smallest absolute Gasteiger partial charge is 0.180 e. The van der Waals surface area contributed by atoms with Crippen LogP contribution in [-0.4, -0.2) is 24.3 Å². The van der Waals surface area contributed by atoms with Crippen molar-refractivity contribution in [1.82, 2.24) is 4.90 Å². The third-order valence-corrected chi connectivity index (χ3v) is 0.945. The Labute approximate surface area is 53.9 Å². The predicted molar refractivity (Wildman–Crippen MR) is 31.9 cm³/mol. The Morgan fingerprint density at radius 2 is 2.44 bits per heavy atom. The van der Waals surface area contributed by atoms with Gasteiger partial charge < -0.3 is 5.73 Å². The van der Waals surface area contributed by atoms with Crippen molar-refractivity contribution in [3.05, 3.63) is 0 Å². The minimum absolute atomic E-state index is 0.0914. The largest absolute Gasteiger partial charge is 0.311 e. The molecule has 0 aliphatic carbocycles. The zero-order valence-corrected chi connectivity index (χ0v) is 5.34. The molecule has 4 heteroatoms. The number of hydrogen-bond acceptors (Lipinski definition) is 3. The fourth-order valence-corrected chi connectivity index (χ4v) is 0.436. The van der Waals surface area contributed by atoms with Crippen LogP contribution in [0.2, 0.25) is 0 Å². The van der Waals surface area contributed by atoms with Crippen molar-refractivity contribution in [3.8, 4) is 6.19 Å². The fraction of sp³-hybridized carbons (Fsp3) is 0.800. The first-order valence-electron chi connectivity index (χ1n) is 2.70. The van der Waals surface area contributed by atoms with E-state index in [2.05, 4.69) is 0 Å². The van der Waals surface area contributed by atoms with Crippen molar-refractivity contribution >= 4 is 0 Å². The normalized spacial score (nSPS) is 12.2. The molecule has 0 heterocycles. The molecule has 0 aliphatic rings. The third-order valence-electron chi connectivity index (χ3n) is 0.945. The van der Waals surface area contributed by atoms with E-state index in [1.807, 2.05) is 0 Å². The number of nitrogens with two attached hydrogens (primary N) is 1. The summed E-state index contributed by atoms with van der Waals surface area (Å²) in [5, 5.41) is 8.26. The molecule has 2 N–H and O–H groups in total. The van der Waals surface area contributed by atoms with Gasteiger partial charge in [0.25, 0.3) is 0 Å². The summed E-state index contributed by atoms with van der Waals surface area (Å²) in [6.45, 7) is 1.20. The Balaban J connectivity index is 3.58. The van der Waals surface area contributed by atoms with Crippen LogP contribution < -0.4 is 5.73 Å². The standard InChI is InChI=1S/C5H10FN3/c1-5(8)9(4-7)3-2-6/h5H,2-3,8H2,1H3. The van der Waals surface area contributed by atoms with Crippen molar-refractivity contribution in [2.24, 2.45) is 5.73 Å². The van der Waals surface area contributed by atoms with Gasteiger partial charge in [0.2, 0.25) is 0 Å². The van der Waals surface area contributed by atoms with Gasteiger partial charge in [-0.05, 0) is 6.92 Å². The molecule has 0 rings (SSSR count). The summed E-state index contributed by atoms with van der Waals surface area (Å²) in [6.07, 6.45) is 1.39. The monoisotopic (exact) mass is 131 g/mol. The molecule has 52 valence electrons. The molecule has 1 atom stereocenters. The molecule has 1 unspecified atom stereocenters. The highest BCUT2D eigenvalue weighted by atomic mass is 19.1. The Morgan fingerprint density at radius 3 is 2.56 bits per heavy atom. The first kappa shape index (κ1) is 8.18. The van der Waals surface area contributed by atoms with Crippen LogP contribution in [0.3, 0.4) is 0 Å². The van der Waals surface area contributed by atoms with Gasteiger partial charge in [-0.2, -0.15) is 5.26 Å². The van der Waals surface area contributed by atoms with E-state index >= 15 is 0 Å². The van der Waals surface area contributed by atoms with E-state index in [9.17, 15) is 4.39 Å². The Morgan fingerprint density at radius 1 is 1.89 bits per heavy atom. The quantitative estimate of drug-likeness (QED) is 0.334. The van der Waals surface area contributed by atoms with Gasteiger partial charge in [-0.15, -0.1) is 0 Å². The van der Waals surface area contributed by atoms with Gasteiger partial charge in [0, 0.05) is 0 Å². The first-order valence-corrected chi connectivity index (χ1v) is 2.70. The highest BCUT2D eigenvalue weighted by Gasteiger charge is 2.04. The summed E-state index contributed by atoms with van der Waals surface area (Å²) in [4.78, 5) is 1.18. The lowest BCUT2D eigenvalue weighted by molar-refractivity contribution is 0.281. The van der Waals surface area contributed by atoms with Crippen LogP contribution in [0.5, 0.6) is 0 Å². The van der Waals surface area contributed by atoms with E-state index in [1.54, 1.807) is 13.1 Å². The van der Waals surface area contributed by atoms with E-state index < -0.39 is 6.67 Å². The molecule has 0 spiro atoms. The summed E-state index contributed by atoms with van der Waals surface area (Å²) in [5.74, 6) is 0. The lowest BCUT2D eigenvalue weighted by atomic mass is 10.5. The van der Waals surface area contributed by atoms with Crippen molar-refractivity contribution < 1.29 is 4.39 Å². The molecule has 0 aliphatic heterocycles. The summed E-state index contributed by atoms with van der Waals surface area (Å²) in [5.41, 5.74) is 5.27. The summed E-state index contributed by atoms with van der Waals surface area (Å²) in [6, 6.07) is 0. The maximum atomic E-state index is 11.5. The van der Waals surface area contributed by atoms with Crippen LogP contribution in [0.1, 0.15) is 6.92 Å². The van der Waals surface area contributed by atoms with Gasteiger partial charge in [-0.1, -0.05) is 0 Å². The summed E-state index contributed by atoms with van der Waals surface area (Å²) < 4.78 is 11.5. The van der Waals surface area contributed by atoms with E-state index in [0.29, 0.717) is 0 Å². The van der Waals surface area contributed by atoms with Gasteiger partial charge in [0.1, 0.15) is 6.67 Å². The molecule has 3 nitrogen and oxygen atoms in total. The minimum atomic E-state index is -0.533. The predicted octanol–water partition coefficient (Wildman–Crippen LogP) is 0.0437. The van der Waals surface area contributed by atoms with Crippen LogP contribution in [0.25, 0.3) is 0 Å². The van der Waals surface area contributed by atoms with Gasteiger partial charge in [-0.3, -0.25) is 4.90 Å². The van der Waals surface area contributed by atoms with E-state index in [0.717, 1.165) is 0 Å². The van der Waals surface area contributed by atoms with Crippen LogP contribution in [0, 0.1) is 11.5 Å². The summed E-state index contributed by atoms with van der Waals surface area (Å²) in [7, 11) is 0. The highest BCUT2D eigenvalue weighted by molar-refractivity contribution is 4.75. The molecular weight excluding hydrogens is 121 g/mol. The molecule has 0 fully saturated rings. The number of halogens is 1. The van der Waals surface area contributed by atoms with Crippen LogP contribution in [-0.2, 0) is 0 Å². The molecular formula is C5H10FN3. The van der Waals surface area contributed by atoms with Crippen molar-refractivity contribution in [2.45, 2.75) is 13.1 Å². The van der Waals surface area contributed by atoms with E-state index in [-0.39, 0.29) is 12.7 Å². The second-order valence-corrected chi connectivity index (χ2v) is 1.72. The van der Waals surface area contributed by atoms with E-state index in [4.69, 9.17) is 11.0 Å². The highest BCUT2D eigenvalue weighted by Crippen LogP contribution is 1.88. The van der Waals surface area contributed by atoms with Gasteiger partial charge >= 0.3 is 0 Å². The Hall–Kier alpha value is -0.820. The van der Waals surface area contributed by atoms with Crippen molar-refractivity contribution in [3.63, 3.8) is 0 Å². The SMILES string of the molecule is CC(N)N(C#N)CCF.